The third-order valence-corrected chi connectivity index (χ3v) is 6.65. The Morgan fingerprint density at radius 3 is 2.84 bits per heavy atom. The second-order valence-corrected chi connectivity index (χ2v) is 8.98. The van der Waals surface area contributed by atoms with Gasteiger partial charge in [0.1, 0.15) is 17.5 Å². The molecule has 2 N–H and O–H groups in total. The zero-order chi connectivity index (χ0) is 22.7. The molecule has 10 heteroatoms. The first-order chi connectivity index (χ1) is 15.4. The highest BCUT2D eigenvalue weighted by molar-refractivity contribution is 7.13. The van der Waals surface area contributed by atoms with Crippen LogP contribution in [0, 0.1) is 17.0 Å². The first kappa shape index (κ1) is 22.2. The Balaban J connectivity index is 1.51. The summed E-state index contributed by atoms with van der Waals surface area (Å²) in [7, 11) is 0. The normalized spacial score (nSPS) is 21.4. The van der Waals surface area contributed by atoms with Gasteiger partial charge in [0.05, 0.1) is 17.3 Å². The molecule has 0 saturated carbocycles. The third-order valence-electron chi connectivity index (χ3n) is 5.96. The van der Waals surface area contributed by atoms with Crippen molar-refractivity contribution >= 4 is 28.3 Å². The van der Waals surface area contributed by atoms with E-state index in [-0.39, 0.29) is 24.0 Å². The van der Waals surface area contributed by atoms with Crippen molar-refractivity contribution in [3.05, 3.63) is 65.1 Å². The molecule has 3 aromatic rings. The highest BCUT2D eigenvalue weighted by Crippen LogP contribution is 2.39. The van der Waals surface area contributed by atoms with Crippen LogP contribution in [0.25, 0.3) is 0 Å². The van der Waals surface area contributed by atoms with Crippen LogP contribution < -0.4 is 5.32 Å². The van der Waals surface area contributed by atoms with Crippen molar-refractivity contribution in [2.45, 2.75) is 38.8 Å². The van der Waals surface area contributed by atoms with Crippen LogP contribution in [0.5, 0.6) is 0 Å². The number of carbonyl (C=O) groups is 1. The Kier molecular flexibility index (Phi) is 6.43. The molecule has 0 aromatic carbocycles. The van der Waals surface area contributed by atoms with E-state index in [9.17, 15) is 18.7 Å². The Bertz CT molecular complexity index is 1100. The quantitative estimate of drug-likeness (QED) is 0.546. The molecule has 1 fully saturated rings. The van der Waals surface area contributed by atoms with Crippen LogP contribution in [0.1, 0.15) is 31.0 Å². The van der Waals surface area contributed by atoms with E-state index < -0.39 is 17.2 Å². The molecule has 1 saturated heterocycles. The van der Waals surface area contributed by atoms with Crippen LogP contribution in [0.3, 0.4) is 0 Å². The fraction of sp³-hybridized carbons (Fsp3) is 0.364. The predicted molar refractivity (Wildman–Crippen MR) is 117 cm³/mol. The highest BCUT2D eigenvalue weighted by atomic mass is 32.1. The topological polar surface area (TPSA) is 91.2 Å². The van der Waals surface area contributed by atoms with Crippen LogP contribution in [-0.2, 0) is 17.8 Å². The minimum absolute atomic E-state index is 0.0245. The summed E-state index contributed by atoms with van der Waals surface area (Å²) < 4.78 is 28.6. The summed E-state index contributed by atoms with van der Waals surface area (Å²) >= 11 is 1.38. The summed E-state index contributed by atoms with van der Waals surface area (Å²) in [6.45, 7) is 2.74. The van der Waals surface area contributed by atoms with Gasteiger partial charge in [0.15, 0.2) is 5.13 Å². The number of carboxylic acid groups (broad SMARTS) is 1. The molecule has 2 unspecified atom stereocenters. The number of aromatic nitrogens is 3. The second kappa shape index (κ2) is 9.25. The molecule has 168 valence electrons. The van der Waals surface area contributed by atoms with Crippen molar-refractivity contribution < 1.29 is 18.7 Å². The number of nitrogens with zero attached hydrogens (tertiary/aromatic N) is 4. The van der Waals surface area contributed by atoms with Crippen molar-refractivity contribution in [1.82, 2.24) is 19.9 Å². The minimum Gasteiger partial charge on any atom is -0.481 e. The zero-order valence-corrected chi connectivity index (χ0v) is 18.3. The number of anilines is 2. The van der Waals surface area contributed by atoms with Crippen LogP contribution in [0.15, 0.2) is 42.2 Å². The van der Waals surface area contributed by atoms with Crippen molar-refractivity contribution in [1.29, 1.82) is 0 Å². The summed E-state index contributed by atoms with van der Waals surface area (Å²) in [6.07, 6.45) is 4.94. The van der Waals surface area contributed by atoms with Gasteiger partial charge in [0.2, 0.25) is 0 Å². The fourth-order valence-corrected chi connectivity index (χ4v) is 4.72. The van der Waals surface area contributed by atoms with Crippen molar-refractivity contribution in [2.24, 2.45) is 5.41 Å². The highest BCUT2D eigenvalue weighted by Gasteiger charge is 2.45. The van der Waals surface area contributed by atoms with E-state index in [0.717, 1.165) is 0 Å². The number of carboxylic acids is 1. The number of thiazole rings is 1. The van der Waals surface area contributed by atoms with Crippen LogP contribution in [0.4, 0.5) is 19.7 Å². The molecule has 1 aliphatic heterocycles. The lowest BCUT2D eigenvalue weighted by Gasteiger charge is -2.43. The lowest BCUT2D eigenvalue weighted by atomic mass is 9.72. The van der Waals surface area contributed by atoms with Gasteiger partial charge in [-0.15, -0.1) is 11.3 Å². The Morgan fingerprint density at radius 2 is 2.16 bits per heavy atom. The summed E-state index contributed by atoms with van der Waals surface area (Å²) in [5.41, 5.74) is -0.529. The summed E-state index contributed by atoms with van der Waals surface area (Å²) in [5, 5.41) is 15.5. The molecule has 0 amide bonds. The van der Waals surface area contributed by atoms with Crippen molar-refractivity contribution in [3.8, 4) is 0 Å². The van der Waals surface area contributed by atoms with E-state index in [1.165, 1.54) is 35.9 Å². The molecular weight excluding hydrogens is 436 g/mol. The van der Waals surface area contributed by atoms with E-state index in [2.05, 4.69) is 20.3 Å². The summed E-state index contributed by atoms with van der Waals surface area (Å²) in [6, 6.07) is 4.29. The summed E-state index contributed by atoms with van der Waals surface area (Å²) in [4.78, 5) is 26.6. The molecule has 7 nitrogen and oxygen atoms in total. The minimum atomic E-state index is -1.15. The van der Waals surface area contributed by atoms with Gasteiger partial charge in [0, 0.05) is 42.3 Å². The first-order valence-corrected chi connectivity index (χ1v) is 11.1. The standard InChI is InChI=1S/C22H23F2N5O2S/c1-14-10-22(20(30)31,5-8-29(14)13-15-4-6-25-12-17(15)24)11-18-16(23)2-3-19(27-18)28-21-26-7-9-32-21/h2-4,6-7,9,12,14H,5,8,10-11,13H2,1H3,(H,30,31)(H,26,27,28). The maximum atomic E-state index is 14.6. The number of hydrogen-bond donors (Lipinski definition) is 2. The van der Waals surface area contributed by atoms with Crippen molar-refractivity contribution in [3.63, 3.8) is 0 Å². The average Bonchev–Trinajstić information content (AvgIpc) is 3.27. The lowest BCUT2D eigenvalue weighted by Crippen LogP contribution is -2.50. The number of pyridine rings is 2. The Hall–Kier alpha value is -2.98. The molecule has 2 atom stereocenters. The van der Waals surface area contributed by atoms with E-state index in [1.54, 1.807) is 17.6 Å². The molecule has 0 bridgehead atoms. The number of hydrogen-bond acceptors (Lipinski definition) is 7. The SMILES string of the molecule is CC1CC(Cc2nc(Nc3nccs3)ccc2F)(C(=O)O)CCN1Cc1ccncc1F. The molecule has 0 aliphatic carbocycles. The van der Waals surface area contributed by atoms with Crippen LogP contribution in [0.2, 0.25) is 0 Å². The number of halogens is 2. The third kappa shape index (κ3) is 4.76. The number of nitrogens with one attached hydrogen (secondary N) is 1. The van der Waals surface area contributed by atoms with Gasteiger partial charge >= 0.3 is 5.97 Å². The van der Waals surface area contributed by atoms with Gasteiger partial charge in [-0.25, -0.2) is 18.7 Å². The molecule has 32 heavy (non-hydrogen) atoms. The van der Waals surface area contributed by atoms with E-state index in [0.29, 0.717) is 42.4 Å². The summed E-state index contributed by atoms with van der Waals surface area (Å²) in [5.74, 6) is -1.48. The maximum Gasteiger partial charge on any atom is 0.310 e. The van der Waals surface area contributed by atoms with Crippen molar-refractivity contribution in [2.75, 3.05) is 11.9 Å². The Labute approximate surface area is 188 Å². The molecule has 4 rings (SSSR count). The number of aliphatic carboxylic acids is 1. The van der Waals surface area contributed by atoms with Gasteiger partial charge in [-0.2, -0.15) is 0 Å². The Morgan fingerprint density at radius 1 is 1.31 bits per heavy atom. The number of likely N-dealkylation sites (tertiary alicyclic amines) is 1. The maximum absolute atomic E-state index is 14.6. The molecule has 0 radical (unpaired) electrons. The first-order valence-electron chi connectivity index (χ1n) is 10.2. The number of rotatable bonds is 7. The van der Waals surface area contributed by atoms with Crippen LogP contribution >= 0.6 is 11.3 Å². The van der Waals surface area contributed by atoms with Gasteiger partial charge in [-0.1, -0.05) is 0 Å². The van der Waals surface area contributed by atoms with E-state index in [1.807, 2.05) is 11.8 Å². The molecule has 0 spiro atoms. The van der Waals surface area contributed by atoms with E-state index >= 15 is 0 Å². The molecule has 1 aliphatic rings. The molecular formula is C22H23F2N5O2S. The molecule has 3 aromatic heterocycles. The smallest absolute Gasteiger partial charge is 0.310 e. The molecule has 4 heterocycles. The number of piperidine rings is 1. The average molecular weight is 460 g/mol. The van der Waals surface area contributed by atoms with Gasteiger partial charge in [0.25, 0.3) is 0 Å². The monoisotopic (exact) mass is 459 g/mol. The fourth-order valence-electron chi connectivity index (χ4n) is 4.18. The van der Waals surface area contributed by atoms with E-state index in [4.69, 9.17) is 0 Å². The van der Waals surface area contributed by atoms with Gasteiger partial charge in [-0.3, -0.25) is 14.7 Å². The van der Waals surface area contributed by atoms with Gasteiger partial charge < -0.3 is 10.4 Å². The largest absolute Gasteiger partial charge is 0.481 e. The predicted octanol–water partition coefficient (Wildman–Crippen LogP) is 4.25. The second-order valence-electron chi connectivity index (χ2n) is 8.09. The van der Waals surface area contributed by atoms with Gasteiger partial charge in [-0.05, 0) is 44.5 Å². The zero-order valence-electron chi connectivity index (χ0n) is 17.5. The lowest BCUT2D eigenvalue weighted by molar-refractivity contribution is -0.153. The van der Waals surface area contributed by atoms with Crippen LogP contribution in [-0.4, -0.2) is 43.5 Å².